The maximum Gasteiger partial charge on any atom is 0.226 e. The van der Waals surface area contributed by atoms with E-state index in [2.05, 4.69) is 10.5 Å². The number of benzene rings is 1. The van der Waals surface area contributed by atoms with Crippen molar-refractivity contribution in [2.75, 3.05) is 12.5 Å². The molecule has 0 fully saturated rings. The fourth-order valence-electron chi connectivity index (χ4n) is 1.52. The topological polar surface area (TPSA) is 43.5 Å². The molecule has 0 spiro atoms. The van der Waals surface area contributed by atoms with Crippen LogP contribution in [0.25, 0.3) is 0 Å². The summed E-state index contributed by atoms with van der Waals surface area (Å²) in [6.07, 6.45) is 3.91. The molecule has 0 aliphatic heterocycles. The summed E-state index contributed by atoms with van der Waals surface area (Å²) in [5.74, 6) is 0.833. The fourth-order valence-corrected chi connectivity index (χ4v) is 1.52. The average Bonchev–Trinajstić information content (AvgIpc) is 2.67. The molecule has 0 aliphatic carbocycles. The molecule has 17 heavy (non-hydrogen) atoms. The van der Waals surface area contributed by atoms with Gasteiger partial charge in [-0.25, -0.2) is 0 Å². The van der Waals surface area contributed by atoms with Crippen molar-refractivity contribution in [1.82, 2.24) is 9.13 Å². The number of methoxy groups -OCH3 is 1. The van der Waals surface area contributed by atoms with E-state index in [0.29, 0.717) is 0 Å². The molecule has 5 nitrogen and oxygen atoms in total. The molecule has 1 aromatic heterocycles. The summed E-state index contributed by atoms with van der Waals surface area (Å²) in [7, 11) is 5.56. The summed E-state index contributed by atoms with van der Waals surface area (Å²) in [4.78, 5) is 0. The highest BCUT2D eigenvalue weighted by Gasteiger charge is 1.94. The van der Waals surface area contributed by atoms with Gasteiger partial charge in [0.05, 0.1) is 12.8 Å². The quantitative estimate of drug-likeness (QED) is 0.811. The van der Waals surface area contributed by atoms with E-state index < -0.39 is 0 Å². The Morgan fingerprint density at radius 1 is 1.06 bits per heavy atom. The standard InChI is InChI=1S/C12H16N4O/c1-15-8-9-16(2)12(15)14-13-10-4-6-11(17-3)7-5-10/h4-9,13H,1-3H3. The number of ether oxygens (including phenoxy) is 1. The fraction of sp³-hybridized carbons (Fsp3) is 0.250. The van der Waals surface area contributed by atoms with E-state index in [9.17, 15) is 0 Å². The molecule has 0 radical (unpaired) electrons. The summed E-state index contributed by atoms with van der Waals surface area (Å²) in [5, 5.41) is 4.33. The van der Waals surface area contributed by atoms with Gasteiger partial charge in [-0.15, -0.1) is 5.10 Å². The molecular formula is C12H16N4O. The van der Waals surface area contributed by atoms with Crippen molar-refractivity contribution >= 4 is 5.69 Å². The first-order valence-electron chi connectivity index (χ1n) is 5.32. The Morgan fingerprint density at radius 3 is 2.18 bits per heavy atom. The van der Waals surface area contributed by atoms with Crippen LogP contribution in [0, 0.1) is 0 Å². The minimum Gasteiger partial charge on any atom is -0.497 e. The van der Waals surface area contributed by atoms with Gasteiger partial charge in [-0.2, -0.15) is 0 Å². The van der Waals surface area contributed by atoms with Crippen LogP contribution in [-0.2, 0) is 14.1 Å². The van der Waals surface area contributed by atoms with E-state index in [0.717, 1.165) is 17.1 Å². The summed E-state index contributed by atoms with van der Waals surface area (Å²) < 4.78 is 8.97. The van der Waals surface area contributed by atoms with Gasteiger partial charge in [0, 0.05) is 26.5 Å². The zero-order valence-corrected chi connectivity index (χ0v) is 10.2. The molecule has 0 saturated heterocycles. The first-order valence-corrected chi connectivity index (χ1v) is 5.32. The molecule has 1 N–H and O–H groups in total. The number of rotatable bonds is 3. The van der Waals surface area contributed by atoms with Gasteiger partial charge in [-0.05, 0) is 24.3 Å². The van der Waals surface area contributed by atoms with Gasteiger partial charge >= 0.3 is 0 Å². The van der Waals surface area contributed by atoms with Crippen molar-refractivity contribution in [3.63, 3.8) is 0 Å². The lowest BCUT2D eigenvalue weighted by molar-refractivity contribution is 0.415. The lowest BCUT2D eigenvalue weighted by Gasteiger charge is -2.02. The van der Waals surface area contributed by atoms with Crippen LogP contribution in [0.5, 0.6) is 5.75 Å². The van der Waals surface area contributed by atoms with Gasteiger partial charge in [0.25, 0.3) is 0 Å². The molecule has 5 heteroatoms. The number of hydrogen-bond acceptors (Lipinski definition) is 3. The Hall–Kier alpha value is -2.17. The molecular weight excluding hydrogens is 216 g/mol. The van der Waals surface area contributed by atoms with Crippen LogP contribution in [-0.4, -0.2) is 16.2 Å². The second-order valence-electron chi connectivity index (χ2n) is 3.77. The van der Waals surface area contributed by atoms with Crippen molar-refractivity contribution in [3.05, 3.63) is 42.3 Å². The van der Waals surface area contributed by atoms with Crippen molar-refractivity contribution in [2.45, 2.75) is 0 Å². The van der Waals surface area contributed by atoms with Crippen molar-refractivity contribution < 1.29 is 4.74 Å². The van der Waals surface area contributed by atoms with Crippen LogP contribution in [0.15, 0.2) is 41.8 Å². The van der Waals surface area contributed by atoms with Gasteiger partial charge in [0.2, 0.25) is 5.62 Å². The molecule has 0 amide bonds. The summed E-state index contributed by atoms with van der Waals surface area (Å²) in [5.41, 5.74) is 4.78. The second-order valence-corrected chi connectivity index (χ2v) is 3.77. The predicted octanol–water partition coefficient (Wildman–Crippen LogP) is 1.30. The maximum absolute atomic E-state index is 5.09. The van der Waals surface area contributed by atoms with E-state index in [1.807, 2.05) is 59.9 Å². The van der Waals surface area contributed by atoms with Gasteiger partial charge in [0.15, 0.2) is 0 Å². The van der Waals surface area contributed by atoms with E-state index in [1.165, 1.54) is 0 Å². The molecule has 1 heterocycles. The summed E-state index contributed by atoms with van der Waals surface area (Å²) >= 11 is 0. The van der Waals surface area contributed by atoms with Gasteiger partial charge < -0.3 is 13.9 Å². The molecule has 0 aliphatic rings. The predicted molar refractivity (Wildman–Crippen MR) is 66.6 cm³/mol. The third-order valence-electron chi connectivity index (χ3n) is 2.52. The monoisotopic (exact) mass is 232 g/mol. The zero-order valence-electron chi connectivity index (χ0n) is 10.2. The third kappa shape index (κ3) is 2.50. The Bertz CT molecular complexity index is 528. The van der Waals surface area contributed by atoms with E-state index in [-0.39, 0.29) is 0 Å². The van der Waals surface area contributed by atoms with E-state index in [1.54, 1.807) is 7.11 Å². The van der Waals surface area contributed by atoms with Crippen LogP contribution < -0.4 is 15.8 Å². The van der Waals surface area contributed by atoms with Crippen LogP contribution in [0.1, 0.15) is 0 Å². The highest BCUT2D eigenvalue weighted by Crippen LogP contribution is 2.14. The van der Waals surface area contributed by atoms with Crippen LogP contribution in [0.4, 0.5) is 5.69 Å². The Morgan fingerprint density at radius 2 is 1.65 bits per heavy atom. The number of hydrogen-bond donors (Lipinski definition) is 1. The first kappa shape index (κ1) is 11.3. The number of nitrogens with one attached hydrogen (secondary N) is 1. The number of aromatic nitrogens is 2. The molecule has 0 saturated carbocycles. The Kier molecular flexibility index (Phi) is 3.18. The summed E-state index contributed by atoms with van der Waals surface area (Å²) in [6, 6.07) is 7.63. The molecule has 1 aromatic carbocycles. The van der Waals surface area contributed by atoms with Gasteiger partial charge in [-0.3, -0.25) is 5.43 Å². The molecule has 0 unspecified atom stereocenters. The number of imidazole rings is 1. The zero-order chi connectivity index (χ0) is 12.3. The number of anilines is 1. The highest BCUT2D eigenvalue weighted by molar-refractivity contribution is 5.45. The maximum atomic E-state index is 5.09. The smallest absolute Gasteiger partial charge is 0.226 e. The first-order chi connectivity index (χ1) is 8.20. The molecule has 90 valence electrons. The van der Waals surface area contributed by atoms with E-state index >= 15 is 0 Å². The SMILES string of the molecule is COc1ccc(NN=c2n(C)ccn2C)cc1. The van der Waals surface area contributed by atoms with Gasteiger partial charge in [-0.1, -0.05) is 0 Å². The van der Waals surface area contributed by atoms with E-state index in [4.69, 9.17) is 4.74 Å². The third-order valence-corrected chi connectivity index (χ3v) is 2.52. The normalized spacial score (nSPS) is 10.1. The lowest BCUT2D eigenvalue weighted by atomic mass is 10.3. The minimum atomic E-state index is 0.833. The van der Waals surface area contributed by atoms with Crippen molar-refractivity contribution in [1.29, 1.82) is 0 Å². The lowest BCUT2D eigenvalue weighted by Crippen LogP contribution is -2.23. The van der Waals surface area contributed by atoms with Gasteiger partial charge in [0.1, 0.15) is 5.75 Å². The largest absolute Gasteiger partial charge is 0.497 e. The number of aryl methyl sites for hydroxylation is 2. The average molecular weight is 232 g/mol. The van der Waals surface area contributed by atoms with Crippen LogP contribution >= 0.6 is 0 Å². The second kappa shape index (κ2) is 4.78. The van der Waals surface area contributed by atoms with Crippen LogP contribution in [0.3, 0.4) is 0 Å². The molecule has 2 aromatic rings. The highest BCUT2D eigenvalue weighted by atomic mass is 16.5. The Balaban J connectivity index is 2.19. The van der Waals surface area contributed by atoms with Crippen molar-refractivity contribution in [3.8, 4) is 5.75 Å². The Labute approximate surface area is 100.0 Å². The summed E-state index contributed by atoms with van der Waals surface area (Å²) in [6.45, 7) is 0. The minimum absolute atomic E-state index is 0.833. The van der Waals surface area contributed by atoms with Crippen LogP contribution in [0.2, 0.25) is 0 Å². The molecule has 2 rings (SSSR count). The van der Waals surface area contributed by atoms with Crippen molar-refractivity contribution in [2.24, 2.45) is 19.2 Å². The number of nitrogens with zero attached hydrogens (tertiary/aromatic N) is 3. The molecule has 0 atom stereocenters. The molecule has 0 bridgehead atoms.